The molecule has 0 spiro atoms. The molecule has 22 heavy (non-hydrogen) atoms. The van der Waals surface area contributed by atoms with Gasteiger partial charge in [-0.2, -0.15) is 8.42 Å². The summed E-state index contributed by atoms with van der Waals surface area (Å²) in [7, 11) is -2.21. The third-order valence-electron chi connectivity index (χ3n) is 2.89. The second kappa shape index (κ2) is 13.1. The minimum Gasteiger partial charge on any atom is -0.497 e. The molecule has 0 aromatic heterocycles. The Balaban J connectivity index is 0.000000425. The van der Waals surface area contributed by atoms with Crippen molar-refractivity contribution < 1.29 is 22.1 Å². The molecule has 0 saturated heterocycles. The molecule has 1 rings (SSSR count). The summed E-state index contributed by atoms with van der Waals surface area (Å²) in [6, 6.07) is 7.92. The molecule has 1 aromatic rings. The first-order chi connectivity index (χ1) is 10.4. The second-order valence-corrected chi connectivity index (χ2v) is 7.65. The van der Waals surface area contributed by atoms with Gasteiger partial charge in [0.1, 0.15) is 5.75 Å². The van der Waals surface area contributed by atoms with Crippen LogP contribution in [0.1, 0.15) is 45.4 Å². The van der Waals surface area contributed by atoms with Crippen molar-refractivity contribution in [3.05, 3.63) is 27.8 Å². The van der Waals surface area contributed by atoms with Crippen LogP contribution in [0, 0.1) is 3.57 Å². The Morgan fingerprint density at radius 3 is 2.09 bits per heavy atom. The normalized spacial score (nSPS) is 10.7. The predicted octanol–water partition coefficient (Wildman–Crippen LogP) is 4.88. The lowest BCUT2D eigenvalue weighted by molar-refractivity contribution is 0.00288. The van der Waals surface area contributed by atoms with Gasteiger partial charge < -0.3 is 4.74 Å². The lowest BCUT2D eigenvalue weighted by atomic mass is 10.1. The van der Waals surface area contributed by atoms with E-state index in [0.29, 0.717) is 6.42 Å². The lowest BCUT2D eigenvalue weighted by Crippen LogP contribution is -2.05. The van der Waals surface area contributed by atoms with Gasteiger partial charge in [0, 0.05) is 3.57 Å². The van der Waals surface area contributed by atoms with Crippen molar-refractivity contribution in [2.45, 2.75) is 45.4 Å². The molecule has 1 aromatic carbocycles. The number of halogens is 2. The van der Waals surface area contributed by atoms with E-state index in [1.54, 1.807) is 7.11 Å². The molecule has 0 bridgehead atoms. The molecule has 0 N–H and O–H groups in total. The van der Waals surface area contributed by atoms with E-state index in [1.165, 1.54) is 9.99 Å². The van der Waals surface area contributed by atoms with Crippen molar-refractivity contribution in [1.82, 2.24) is 0 Å². The summed E-state index contributed by atoms with van der Waals surface area (Å²) >= 11 is 2.26. The standard InChI is InChI=1S/C8H17FO3S.C7H7IO/c1-2-3-4-5-6-7-8-13(10,11)12-9;1-9-7-4-2-6(8)3-5-7/h2-8H2,1H3;2-5H,1H3. The highest BCUT2D eigenvalue weighted by atomic mass is 127. The van der Waals surface area contributed by atoms with Crippen LogP contribution in [0.5, 0.6) is 5.75 Å². The first kappa shape index (κ1) is 21.6. The summed E-state index contributed by atoms with van der Waals surface area (Å²) in [6.45, 7) is 2.11. The molecular weight excluding hydrogens is 422 g/mol. The molecule has 0 radical (unpaired) electrons. The van der Waals surface area contributed by atoms with Crippen LogP contribution in [-0.4, -0.2) is 21.3 Å². The summed E-state index contributed by atoms with van der Waals surface area (Å²) in [6.07, 6.45) is 5.76. The smallest absolute Gasteiger partial charge is 0.297 e. The Morgan fingerprint density at radius 1 is 1.05 bits per heavy atom. The van der Waals surface area contributed by atoms with Crippen LogP contribution in [0.2, 0.25) is 0 Å². The SMILES string of the molecule is CCCCCCCCS(=O)(=O)OF.COc1ccc(I)cc1. The van der Waals surface area contributed by atoms with Crippen LogP contribution in [0.3, 0.4) is 0 Å². The van der Waals surface area contributed by atoms with Gasteiger partial charge in [0.2, 0.25) is 0 Å². The molecule has 0 aliphatic heterocycles. The Bertz CT molecular complexity index is 477. The molecule has 0 aliphatic carbocycles. The zero-order valence-electron chi connectivity index (χ0n) is 13.1. The molecule has 128 valence electrons. The van der Waals surface area contributed by atoms with E-state index in [2.05, 4.69) is 33.9 Å². The predicted molar refractivity (Wildman–Crippen MR) is 95.1 cm³/mol. The van der Waals surface area contributed by atoms with Crippen molar-refractivity contribution in [3.63, 3.8) is 0 Å². The van der Waals surface area contributed by atoms with Gasteiger partial charge in [-0.3, -0.25) is 0 Å². The van der Waals surface area contributed by atoms with Gasteiger partial charge in [0.15, 0.2) is 0 Å². The first-order valence-electron chi connectivity index (χ1n) is 7.27. The number of ether oxygens (including phenoxy) is 1. The van der Waals surface area contributed by atoms with E-state index in [-0.39, 0.29) is 5.75 Å². The van der Waals surface area contributed by atoms with Gasteiger partial charge in [-0.15, -0.1) is 0 Å². The van der Waals surface area contributed by atoms with E-state index in [0.717, 1.165) is 31.4 Å². The number of hydrogen-bond acceptors (Lipinski definition) is 4. The Morgan fingerprint density at radius 2 is 1.59 bits per heavy atom. The largest absolute Gasteiger partial charge is 0.497 e. The van der Waals surface area contributed by atoms with Gasteiger partial charge in [-0.25, -0.2) is 0 Å². The zero-order valence-corrected chi connectivity index (χ0v) is 16.0. The molecule has 0 amide bonds. The van der Waals surface area contributed by atoms with Crippen molar-refractivity contribution >= 4 is 32.7 Å². The number of methoxy groups -OCH3 is 1. The minimum atomic E-state index is -3.88. The maximum Gasteiger partial charge on any atom is 0.297 e. The van der Waals surface area contributed by atoms with Crippen LogP contribution >= 0.6 is 22.6 Å². The lowest BCUT2D eigenvalue weighted by Gasteiger charge is -1.99. The third kappa shape index (κ3) is 12.2. The van der Waals surface area contributed by atoms with Crippen LogP contribution < -0.4 is 4.74 Å². The molecule has 0 saturated carbocycles. The van der Waals surface area contributed by atoms with Crippen LogP contribution in [0.15, 0.2) is 24.3 Å². The Labute approximate surface area is 146 Å². The van der Waals surface area contributed by atoms with Crippen LogP contribution in [0.4, 0.5) is 4.53 Å². The van der Waals surface area contributed by atoms with Crippen molar-refractivity contribution in [2.75, 3.05) is 12.9 Å². The number of unbranched alkanes of at least 4 members (excludes halogenated alkanes) is 5. The second-order valence-electron chi connectivity index (χ2n) is 4.75. The number of rotatable bonds is 9. The summed E-state index contributed by atoms with van der Waals surface area (Å²) in [4.78, 5) is 0. The Kier molecular flexibility index (Phi) is 12.8. The fourth-order valence-corrected chi connectivity index (χ4v) is 2.64. The summed E-state index contributed by atoms with van der Waals surface area (Å²) in [5.41, 5.74) is 0. The maximum absolute atomic E-state index is 11.3. The van der Waals surface area contributed by atoms with E-state index >= 15 is 0 Å². The Hall–Kier alpha value is -0.410. The molecule has 0 heterocycles. The van der Waals surface area contributed by atoms with Crippen molar-refractivity contribution in [3.8, 4) is 5.75 Å². The van der Waals surface area contributed by atoms with E-state index in [4.69, 9.17) is 4.74 Å². The van der Waals surface area contributed by atoms with Gasteiger partial charge >= 0.3 is 0 Å². The van der Waals surface area contributed by atoms with Gasteiger partial charge in [0.05, 0.1) is 12.9 Å². The average Bonchev–Trinajstić information content (AvgIpc) is 2.52. The molecule has 4 nitrogen and oxygen atoms in total. The minimum absolute atomic E-state index is 0.213. The topological polar surface area (TPSA) is 52.6 Å². The summed E-state index contributed by atoms with van der Waals surface area (Å²) < 4.78 is 41.3. The number of hydrogen-bond donors (Lipinski definition) is 0. The zero-order chi connectivity index (χ0) is 16.8. The molecule has 0 aliphatic rings. The highest BCUT2D eigenvalue weighted by molar-refractivity contribution is 14.1. The van der Waals surface area contributed by atoms with Gasteiger partial charge in [-0.05, 0) is 57.8 Å². The van der Waals surface area contributed by atoms with E-state index in [9.17, 15) is 12.9 Å². The molecule has 0 atom stereocenters. The first-order valence-corrected chi connectivity index (χ1v) is 9.93. The molecular formula is C15H24FIO4S. The quantitative estimate of drug-likeness (QED) is 0.401. The molecule has 7 heteroatoms. The summed E-state index contributed by atoms with van der Waals surface area (Å²) in [5.74, 6) is 0.700. The van der Waals surface area contributed by atoms with Crippen molar-refractivity contribution in [2.24, 2.45) is 0 Å². The highest BCUT2D eigenvalue weighted by Gasteiger charge is 2.09. The van der Waals surface area contributed by atoms with Gasteiger partial charge in [0.25, 0.3) is 10.1 Å². The van der Waals surface area contributed by atoms with Gasteiger partial charge in [-0.1, -0.05) is 43.4 Å². The van der Waals surface area contributed by atoms with E-state index in [1.807, 2.05) is 24.3 Å². The highest BCUT2D eigenvalue weighted by Crippen LogP contribution is 2.12. The van der Waals surface area contributed by atoms with Crippen molar-refractivity contribution in [1.29, 1.82) is 0 Å². The maximum atomic E-state index is 11.3. The average molecular weight is 446 g/mol. The number of benzene rings is 1. The van der Waals surface area contributed by atoms with Crippen LogP contribution in [-0.2, 0) is 14.5 Å². The monoisotopic (exact) mass is 446 g/mol. The van der Waals surface area contributed by atoms with E-state index < -0.39 is 10.1 Å². The fourth-order valence-electron chi connectivity index (χ4n) is 1.66. The van der Waals surface area contributed by atoms with Crippen LogP contribution in [0.25, 0.3) is 0 Å². The summed E-state index contributed by atoms with van der Waals surface area (Å²) in [5, 5.41) is 0. The third-order valence-corrected chi connectivity index (χ3v) is 4.59. The molecule has 0 fully saturated rings. The molecule has 0 unspecified atom stereocenters. The fraction of sp³-hybridized carbons (Fsp3) is 0.600.